The van der Waals surface area contributed by atoms with Crippen molar-refractivity contribution in [1.82, 2.24) is 9.55 Å². The molecule has 0 spiro atoms. The maximum absolute atomic E-state index is 12.1. The van der Waals surface area contributed by atoms with E-state index in [0.29, 0.717) is 19.2 Å². The molecule has 2 heterocycles. The highest BCUT2D eigenvalue weighted by Crippen LogP contribution is 2.19. The van der Waals surface area contributed by atoms with Crippen LogP contribution < -0.4 is 10.7 Å². The third kappa shape index (κ3) is 2.48. The summed E-state index contributed by atoms with van der Waals surface area (Å²) >= 11 is 0. The summed E-state index contributed by atoms with van der Waals surface area (Å²) in [6, 6.07) is 15.7. The predicted molar refractivity (Wildman–Crippen MR) is 89.6 cm³/mol. The molecule has 1 aliphatic heterocycles. The van der Waals surface area contributed by atoms with Crippen LogP contribution in [0.1, 0.15) is 12.5 Å². The van der Waals surface area contributed by atoms with Crippen LogP contribution in [0.3, 0.4) is 0 Å². The summed E-state index contributed by atoms with van der Waals surface area (Å²) in [5.74, 6) is 0.666. The third-order valence-corrected chi connectivity index (χ3v) is 3.91. The number of aromatic nitrogens is 2. The Hall–Kier alpha value is -3.02. The molecule has 6 nitrogen and oxygen atoms in total. The summed E-state index contributed by atoms with van der Waals surface area (Å²) in [7, 11) is 0. The van der Waals surface area contributed by atoms with Crippen LogP contribution in [0.2, 0.25) is 0 Å². The number of ether oxygens (including phenoxy) is 1. The quantitative estimate of drug-likeness (QED) is 0.808. The summed E-state index contributed by atoms with van der Waals surface area (Å²) in [5, 5.41) is 6.09. The Morgan fingerprint density at radius 1 is 1.17 bits per heavy atom. The number of nitrogens with zero attached hydrogens (tertiary/aromatic N) is 3. The zero-order valence-corrected chi connectivity index (χ0v) is 12.7. The molecule has 0 atom stereocenters. The second kappa shape index (κ2) is 5.31. The minimum atomic E-state index is -0.0940. The highest BCUT2D eigenvalue weighted by Gasteiger charge is 2.13. The van der Waals surface area contributed by atoms with E-state index in [9.17, 15) is 4.79 Å². The zero-order chi connectivity index (χ0) is 15.8. The van der Waals surface area contributed by atoms with E-state index in [0.717, 1.165) is 22.3 Å². The lowest BCUT2D eigenvalue weighted by atomic mass is 10.2. The van der Waals surface area contributed by atoms with Gasteiger partial charge in [-0.1, -0.05) is 24.3 Å². The average Bonchev–Trinajstić information content (AvgIpc) is 3.12. The monoisotopic (exact) mass is 308 g/mol. The lowest BCUT2D eigenvalue weighted by Gasteiger charge is -2.12. The minimum Gasteiger partial charge on any atom is -0.457 e. The van der Waals surface area contributed by atoms with E-state index < -0.39 is 0 Å². The van der Waals surface area contributed by atoms with E-state index in [1.807, 2.05) is 55.5 Å². The van der Waals surface area contributed by atoms with Gasteiger partial charge in [-0.15, -0.1) is 5.10 Å². The van der Waals surface area contributed by atoms with Gasteiger partial charge < -0.3 is 9.72 Å². The molecule has 3 aromatic rings. The van der Waals surface area contributed by atoms with Crippen LogP contribution in [0.4, 0.5) is 5.69 Å². The van der Waals surface area contributed by atoms with Gasteiger partial charge in [0.05, 0.1) is 23.3 Å². The van der Waals surface area contributed by atoms with E-state index in [4.69, 9.17) is 4.74 Å². The van der Waals surface area contributed by atoms with Crippen LogP contribution in [0.25, 0.3) is 11.0 Å². The molecule has 0 saturated carbocycles. The van der Waals surface area contributed by atoms with E-state index >= 15 is 0 Å². The molecule has 23 heavy (non-hydrogen) atoms. The number of benzene rings is 2. The fourth-order valence-electron chi connectivity index (χ4n) is 2.73. The molecule has 0 radical (unpaired) electrons. The number of hydrogen-bond acceptors (Lipinski definition) is 4. The molecule has 0 amide bonds. The molecule has 0 bridgehead atoms. The minimum absolute atomic E-state index is 0.0940. The van der Waals surface area contributed by atoms with Gasteiger partial charge in [-0.25, -0.2) is 9.80 Å². The van der Waals surface area contributed by atoms with Crippen molar-refractivity contribution in [2.75, 3.05) is 11.7 Å². The number of hydrazone groups is 1. The van der Waals surface area contributed by atoms with Crippen molar-refractivity contribution in [1.29, 1.82) is 0 Å². The number of anilines is 1. The maximum Gasteiger partial charge on any atom is 0.326 e. The Balaban J connectivity index is 1.61. The van der Waals surface area contributed by atoms with Crippen LogP contribution in [0.15, 0.2) is 58.4 Å². The van der Waals surface area contributed by atoms with Gasteiger partial charge in [-0.05, 0) is 29.8 Å². The predicted octanol–water partition coefficient (Wildman–Crippen LogP) is 2.51. The van der Waals surface area contributed by atoms with Gasteiger partial charge in [0.25, 0.3) is 0 Å². The van der Waals surface area contributed by atoms with Gasteiger partial charge in [0, 0.05) is 6.92 Å². The summed E-state index contributed by atoms with van der Waals surface area (Å²) in [4.78, 5) is 15.0. The van der Waals surface area contributed by atoms with Crippen LogP contribution in [0.5, 0.6) is 0 Å². The van der Waals surface area contributed by atoms with Gasteiger partial charge in [-0.3, -0.25) is 4.57 Å². The zero-order valence-electron chi connectivity index (χ0n) is 12.7. The fraction of sp³-hybridized carbons (Fsp3) is 0.176. The van der Waals surface area contributed by atoms with Crippen molar-refractivity contribution in [2.45, 2.75) is 13.5 Å². The van der Waals surface area contributed by atoms with Crippen molar-refractivity contribution < 1.29 is 4.74 Å². The first kappa shape index (κ1) is 13.6. The van der Waals surface area contributed by atoms with Crippen molar-refractivity contribution in [3.63, 3.8) is 0 Å². The summed E-state index contributed by atoms with van der Waals surface area (Å²) in [6.07, 6.45) is 0. The summed E-state index contributed by atoms with van der Waals surface area (Å²) in [6.45, 7) is 2.80. The Labute approximate surface area is 132 Å². The average molecular weight is 308 g/mol. The summed E-state index contributed by atoms with van der Waals surface area (Å²) in [5.41, 5.74) is 3.70. The van der Waals surface area contributed by atoms with Gasteiger partial charge in [0.1, 0.15) is 0 Å². The number of nitrogens with one attached hydrogen (secondary N) is 1. The molecule has 1 N–H and O–H groups in total. The largest absolute Gasteiger partial charge is 0.457 e. The number of hydrogen-bond donors (Lipinski definition) is 1. The highest BCUT2D eigenvalue weighted by molar-refractivity contribution is 5.76. The van der Waals surface area contributed by atoms with E-state index in [1.165, 1.54) is 0 Å². The molecule has 2 aromatic carbocycles. The van der Waals surface area contributed by atoms with Gasteiger partial charge in [0.15, 0.2) is 6.73 Å². The van der Waals surface area contributed by atoms with Crippen molar-refractivity contribution in [3.05, 3.63) is 64.6 Å². The number of aromatic amines is 1. The van der Waals surface area contributed by atoms with Crippen LogP contribution in [-0.4, -0.2) is 22.2 Å². The second-order valence-corrected chi connectivity index (χ2v) is 5.49. The van der Waals surface area contributed by atoms with Crippen molar-refractivity contribution in [2.24, 2.45) is 5.10 Å². The number of rotatable bonds is 3. The first-order valence-electron chi connectivity index (χ1n) is 7.43. The fourth-order valence-corrected chi connectivity index (χ4v) is 2.73. The van der Waals surface area contributed by atoms with E-state index in [-0.39, 0.29) is 5.69 Å². The Morgan fingerprint density at radius 2 is 1.96 bits per heavy atom. The first-order valence-corrected chi connectivity index (χ1v) is 7.43. The molecule has 0 unspecified atom stereocenters. The highest BCUT2D eigenvalue weighted by atomic mass is 16.5. The maximum atomic E-state index is 12.1. The van der Waals surface area contributed by atoms with E-state index in [1.54, 1.807) is 9.58 Å². The smallest absolute Gasteiger partial charge is 0.326 e. The Morgan fingerprint density at radius 3 is 2.70 bits per heavy atom. The molecule has 1 aliphatic rings. The second-order valence-electron chi connectivity index (χ2n) is 5.49. The lowest BCUT2D eigenvalue weighted by Crippen LogP contribution is -2.17. The van der Waals surface area contributed by atoms with Crippen LogP contribution >= 0.6 is 0 Å². The number of para-hydroxylation sites is 2. The molecular formula is C17H16N4O2. The molecular weight excluding hydrogens is 292 g/mol. The van der Waals surface area contributed by atoms with Crippen molar-refractivity contribution in [3.8, 4) is 0 Å². The Bertz CT molecular complexity index is 937. The molecule has 4 rings (SSSR count). The normalized spacial score (nSPS) is 14.1. The molecule has 0 saturated heterocycles. The number of H-pyrrole nitrogens is 1. The lowest BCUT2D eigenvalue weighted by molar-refractivity contribution is 0.335. The molecule has 6 heteroatoms. The topological polar surface area (TPSA) is 62.6 Å². The van der Waals surface area contributed by atoms with Gasteiger partial charge in [0.2, 0.25) is 5.90 Å². The molecule has 0 fully saturated rings. The third-order valence-electron chi connectivity index (χ3n) is 3.91. The molecule has 0 aliphatic carbocycles. The molecule has 1 aromatic heterocycles. The van der Waals surface area contributed by atoms with E-state index in [2.05, 4.69) is 10.1 Å². The standard InChI is InChI=1S/C17H16N4O2/c1-12-19-21(11-23-12)14-8-6-13(7-9-14)10-20-16-5-3-2-4-15(16)18-17(20)22/h2-9H,10-11H2,1H3,(H,18,22). The number of fused-ring (bicyclic) bond motifs is 1. The van der Waals surface area contributed by atoms with Crippen LogP contribution in [-0.2, 0) is 11.3 Å². The van der Waals surface area contributed by atoms with Crippen LogP contribution in [0, 0.1) is 0 Å². The summed E-state index contributed by atoms with van der Waals surface area (Å²) < 4.78 is 7.07. The number of imidazole rings is 1. The van der Waals surface area contributed by atoms with Gasteiger partial charge in [-0.2, -0.15) is 0 Å². The van der Waals surface area contributed by atoms with Gasteiger partial charge >= 0.3 is 5.69 Å². The first-order chi connectivity index (χ1) is 11.2. The Kier molecular flexibility index (Phi) is 3.15. The molecule has 116 valence electrons. The van der Waals surface area contributed by atoms with Crippen molar-refractivity contribution >= 4 is 22.6 Å². The SMILES string of the molecule is CC1=NN(c2ccc(Cn3c(=O)[nH]c4ccccc43)cc2)CO1.